The summed E-state index contributed by atoms with van der Waals surface area (Å²) in [5.41, 5.74) is 1.13. The second kappa shape index (κ2) is 10.5. The van der Waals surface area contributed by atoms with Crippen LogP contribution in [0.2, 0.25) is 5.02 Å². The lowest BCUT2D eigenvalue weighted by Gasteiger charge is -2.28. The molecule has 0 aromatic heterocycles. The van der Waals surface area contributed by atoms with E-state index >= 15 is 0 Å². The average molecular weight is 597 g/mol. The van der Waals surface area contributed by atoms with Crippen LogP contribution >= 0.6 is 39.5 Å². The van der Waals surface area contributed by atoms with Crippen LogP contribution in [0, 0.1) is 0 Å². The molecule has 10 heteroatoms. The Morgan fingerprint density at radius 1 is 1.14 bits per heavy atom. The molecule has 188 valence electrons. The Morgan fingerprint density at radius 2 is 1.81 bits per heavy atom. The van der Waals surface area contributed by atoms with Crippen molar-refractivity contribution in [2.45, 2.75) is 18.5 Å². The lowest BCUT2D eigenvalue weighted by atomic mass is 9.76. The third-order valence-electron chi connectivity index (χ3n) is 6.01. The SMILES string of the molecule is CSN(C(=O)CN1CC(C)(c2ccccc2)C(c2ccc(C(F)(F)F)c(Cl)c2)=N1)c1ccc(Br)cc1. The fourth-order valence-electron chi connectivity index (χ4n) is 4.27. The van der Waals surface area contributed by atoms with E-state index in [1.54, 1.807) is 9.31 Å². The van der Waals surface area contributed by atoms with Gasteiger partial charge in [0.2, 0.25) is 0 Å². The van der Waals surface area contributed by atoms with Crippen LogP contribution in [0.4, 0.5) is 18.9 Å². The molecule has 1 atom stereocenters. The molecule has 1 aliphatic rings. The normalized spacial score (nSPS) is 17.8. The molecule has 0 N–H and O–H groups in total. The van der Waals surface area contributed by atoms with Gasteiger partial charge in [-0.3, -0.25) is 14.1 Å². The third-order valence-corrected chi connectivity index (χ3v) is 7.63. The van der Waals surface area contributed by atoms with Crippen molar-refractivity contribution in [3.8, 4) is 0 Å². The van der Waals surface area contributed by atoms with Crippen molar-refractivity contribution in [1.29, 1.82) is 0 Å². The number of amides is 1. The molecule has 0 saturated heterocycles. The van der Waals surface area contributed by atoms with Gasteiger partial charge in [-0.25, -0.2) is 0 Å². The Hall–Kier alpha value is -2.49. The zero-order chi connectivity index (χ0) is 26.1. The number of carbonyl (C=O) groups is 1. The van der Waals surface area contributed by atoms with Crippen LogP contribution in [0.3, 0.4) is 0 Å². The van der Waals surface area contributed by atoms with E-state index in [2.05, 4.69) is 15.9 Å². The highest BCUT2D eigenvalue weighted by atomic mass is 79.9. The number of carbonyl (C=O) groups excluding carboxylic acids is 1. The van der Waals surface area contributed by atoms with E-state index in [9.17, 15) is 18.0 Å². The van der Waals surface area contributed by atoms with E-state index in [0.717, 1.165) is 21.8 Å². The zero-order valence-corrected chi connectivity index (χ0v) is 22.5. The minimum absolute atomic E-state index is 0.00278. The van der Waals surface area contributed by atoms with Crippen LogP contribution < -0.4 is 4.31 Å². The van der Waals surface area contributed by atoms with Crippen LogP contribution in [-0.2, 0) is 16.4 Å². The van der Waals surface area contributed by atoms with Gasteiger partial charge in [-0.05, 0) is 60.8 Å². The molecular formula is C26H22BrClF3N3OS. The monoisotopic (exact) mass is 595 g/mol. The number of alkyl halides is 3. The summed E-state index contributed by atoms with van der Waals surface area (Å²) in [7, 11) is 0. The van der Waals surface area contributed by atoms with Crippen LogP contribution in [0.15, 0.2) is 82.4 Å². The second-order valence-electron chi connectivity index (χ2n) is 8.51. The van der Waals surface area contributed by atoms with E-state index in [1.165, 1.54) is 24.1 Å². The number of hydrazone groups is 1. The standard InChI is InChI=1S/C26H22BrClF3N3OS/c1-25(18-6-4-3-5-7-18)16-33(15-23(35)34(36-2)20-11-9-19(27)10-12-20)32-24(25)17-8-13-21(22(28)14-17)26(29,30)31/h3-14H,15-16H2,1-2H3. The quantitative estimate of drug-likeness (QED) is 0.278. The maximum Gasteiger partial charge on any atom is 0.417 e. The number of hydrogen-bond donors (Lipinski definition) is 0. The molecule has 3 aromatic carbocycles. The molecule has 1 unspecified atom stereocenters. The summed E-state index contributed by atoms with van der Waals surface area (Å²) in [6.45, 7) is 2.34. The molecule has 0 bridgehead atoms. The fourth-order valence-corrected chi connectivity index (χ4v) is 5.41. The van der Waals surface area contributed by atoms with Crippen molar-refractivity contribution in [2.75, 3.05) is 23.7 Å². The van der Waals surface area contributed by atoms with Gasteiger partial charge >= 0.3 is 6.18 Å². The van der Waals surface area contributed by atoms with Gasteiger partial charge in [0.25, 0.3) is 5.91 Å². The van der Waals surface area contributed by atoms with E-state index in [1.807, 2.05) is 67.8 Å². The molecule has 4 rings (SSSR count). The molecule has 1 amide bonds. The highest BCUT2D eigenvalue weighted by molar-refractivity contribution is 9.10. The molecule has 0 radical (unpaired) electrons. The smallest absolute Gasteiger partial charge is 0.286 e. The van der Waals surface area contributed by atoms with Crippen LogP contribution in [-0.4, -0.2) is 36.0 Å². The Morgan fingerprint density at radius 3 is 2.39 bits per heavy atom. The first kappa shape index (κ1) is 26.6. The third kappa shape index (κ3) is 5.43. The van der Waals surface area contributed by atoms with Crippen molar-refractivity contribution in [3.63, 3.8) is 0 Å². The fraction of sp³-hybridized carbons (Fsp3) is 0.231. The van der Waals surface area contributed by atoms with Gasteiger partial charge < -0.3 is 0 Å². The Kier molecular flexibility index (Phi) is 7.73. The molecule has 1 heterocycles. The molecule has 4 nitrogen and oxygen atoms in total. The van der Waals surface area contributed by atoms with E-state index < -0.39 is 22.2 Å². The summed E-state index contributed by atoms with van der Waals surface area (Å²) in [5.74, 6) is -0.171. The summed E-state index contributed by atoms with van der Waals surface area (Å²) in [4.78, 5) is 13.3. The van der Waals surface area contributed by atoms with Gasteiger partial charge in [0.05, 0.1) is 33.9 Å². The van der Waals surface area contributed by atoms with Gasteiger partial charge in [-0.15, -0.1) is 0 Å². The van der Waals surface area contributed by atoms with Crippen LogP contribution in [0.5, 0.6) is 0 Å². The molecular weight excluding hydrogens is 575 g/mol. The average Bonchev–Trinajstić information content (AvgIpc) is 3.17. The molecule has 0 fully saturated rings. The highest BCUT2D eigenvalue weighted by Crippen LogP contribution is 2.39. The van der Waals surface area contributed by atoms with Crippen molar-refractivity contribution in [1.82, 2.24) is 5.01 Å². The van der Waals surface area contributed by atoms with Gasteiger partial charge in [-0.2, -0.15) is 18.3 Å². The van der Waals surface area contributed by atoms with Gasteiger partial charge in [-0.1, -0.05) is 63.9 Å². The number of nitrogens with zero attached hydrogens (tertiary/aromatic N) is 3. The molecule has 0 aliphatic carbocycles. The number of halogens is 5. The first-order valence-electron chi connectivity index (χ1n) is 10.9. The Bertz CT molecular complexity index is 1290. The van der Waals surface area contributed by atoms with Crippen molar-refractivity contribution >= 4 is 56.8 Å². The van der Waals surface area contributed by atoms with Crippen molar-refractivity contribution in [2.24, 2.45) is 5.10 Å². The topological polar surface area (TPSA) is 35.9 Å². The minimum Gasteiger partial charge on any atom is -0.286 e. The largest absolute Gasteiger partial charge is 0.417 e. The molecule has 0 saturated carbocycles. The Balaban J connectivity index is 1.68. The number of benzene rings is 3. The summed E-state index contributed by atoms with van der Waals surface area (Å²) in [6.07, 6.45) is -2.74. The van der Waals surface area contributed by atoms with E-state index in [0.29, 0.717) is 17.8 Å². The summed E-state index contributed by atoms with van der Waals surface area (Å²) in [6, 6.07) is 20.6. The zero-order valence-electron chi connectivity index (χ0n) is 19.4. The predicted octanol–water partition coefficient (Wildman–Crippen LogP) is 7.41. The maximum absolute atomic E-state index is 13.3. The molecule has 36 heavy (non-hydrogen) atoms. The number of anilines is 1. The van der Waals surface area contributed by atoms with Crippen LogP contribution in [0.25, 0.3) is 0 Å². The second-order valence-corrected chi connectivity index (χ2v) is 10.6. The lowest BCUT2D eigenvalue weighted by Crippen LogP contribution is -2.39. The first-order chi connectivity index (χ1) is 17.0. The van der Waals surface area contributed by atoms with Gasteiger partial charge in [0.1, 0.15) is 6.54 Å². The number of rotatable bonds is 6. The predicted molar refractivity (Wildman–Crippen MR) is 144 cm³/mol. The maximum atomic E-state index is 13.3. The summed E-state index contributed by atoms with van der Waals surface area (Å²) in [5, 5.41) is 6.00. The van der Waals surface area contributed by atoms with Gasteiger partial charge in [0, 0.05) is 16.3 Å². The van der Waals surface area contributed by atoms with Crippen molar-refractivity contribution in [3.05, 3.63) is 99.0 Å². The minimum atomic E-state index is -4.55. The number of hydrogen-bond acceptors (Lipinski definition) is 4. The molecule has 3 aromatic rings. The van der Waals surface area contributed by atoms with Gasteiger partial charge in [0.15, 0.2) is 0 Å². The van der Waals surface area contributed by atoms with Crippen molar-refractivity contribution < 1.29 is 18.0 Å². The summed E-state index contributed by atoms with van der Waals surface area (Å²) >= 11 is 10.7. The lowest BCUT2D eigenvalue weighted by molar-refractivity contribution is -0.137. The molecule has 1 aliphatic heterocycles. The van der Waals surface area contributed by atoms with E-state index in [-0.39, 0.29) is 12.5 Å². The van der Waals surface area contributed by atoms with E-state index in [4.69, 9.17) is 16.7 Å². The first-order valence-corrected chi connectivity index (χ1v) is 13.3. The summed E-state index contributed by atoms with van der Waals surface area (Å²) < 4.78 is 42.3. The molecule has 0 spiro atoms. The van der Waals surface area contributed by atoms with Crippen LogP contribution in [0.1, 0.15) is 23.6 Å². The highest BCUT2D eigenvalue weighted by Gasteiger charge is 2.42. The Labute approximate surface area is 225 Å².